The second kappa shape index (κ2) is 11.0. The molecule has 4 aromatic rings. The number of ether oxygens (including phenoxy) is 2. The van der Waals surface area contributed by atoms with Gasteiger partial charge in [-0.3, -0.25) is 4.90 Å². The zero-order chi connectivity index (χ0) is 26.9. The maximum atomic E-state index is 14.1. The van der Waals surface area contributed by atoms with Crippen molar-refractivity contribution >= 4 is 28.8 Å². The van der Waals surface area contributed by atoms with E-state index >= 15 is 0 Å². The van der Waals surface area contributed by atoms with Crippen LogP contribution in [0.1, 0.15) is 52.8 Å². The number of imidazole rings is 1. The van der Waals surface area contributed by atoms with Gasteiger partial charge in [-0.1, -0.05) is 23.7 Å². The molecule has 1 N–H and O–H groups in total. The monoisotopic (exact) mass is 554 g/mol. The molecule has 2 aliphatic rings. The van der Waals surface area contributed by atoms with Crippen molar-refractivity contribution in [3.8, 4) is 5.88 Å². The lowest BCUT2D eigenvalue weighted by molar-refractivity contribution is -0.0592. The summed E-state index contributed by atoms with van der Waals surface area (Å²) >= 11 is 5.83. The molecule has 0 spiro atoms. The van der Waals surface area contributed by atoms with Crippen LogP contribution in [0.15, 0.2) is 46.9 Å². The topological polar surface area (TPSA) is 103 Å². The van der Waals surface area contributed by atoms with Crippen LogP contribution >= 0.6 is 11.6 Å². The van der Waals surface area contributed by atoms with E-state index in [4.69, 9.17) is 30.5 Å². The standard InChI is InChI=1S/C28H28ClFN4O5/c29-19-5-4-18(21(30)12-19)16-38-26-3-1-2-22(31-26)17-6-9-33(10-7-17)15-25-32-27-23(13-24(39-27)28(35)36)34(25)14-20-8-11-37-20/h1-5,12-13,17,20H,6-11,14-16H2,(H,35,36). The molecule has 9 nitrogen and oxygen atoms in total. The van der Waals surface area contributed by atoms with Gasteiger partial charge in [0, 0.05) is 40.9 Å². The van der Waals surface area contributed by atoms with E-state index in [1.54, 1.807) is 24.3 Å². The van der Waals surface area contributed by atoms with Gasteiger partial charge < -0.3 is 23.6 Å². The van der Waals surface area contributed by atoms with Gasteiger partial charge in [-0.05, 0) is 50.6 Å². The van der Waals surface area contributed by atoms with E-state index in [0.29, 0.717) is 40.8 Å². The maximum absolute atomic E-state index is 14.1. The molecule has 0 amide bonds. The number of aromatic carboxylic acids is 1. The summed E-state index contributed by atoms with van der Waals surface area (Å²) in [6.45, 7) is 3.80. The van der Waals surface area contributed by atoms with Gasteiger partial charge in [-0.15, -0.1) is 0 Å². The molecule has 39 heavy (non-hydrogen) atoms. The minimum atomic E-state index is -1.11. The van der Waals surface area contributed by atoms with Crippen LogP contribution < -0.4 is 4.74 Å². The van der Waals surface area contributed by atoms with Crippen molar-refractivity contribution in [1.29, 1.82) is 0 Å². The highest BCUT2D eigenvalue weighted by Crippen LogP contribution is 2.30. The zero-order valence-electron chi connectivity index (χ0n) is 21.2. The Labute approximate surface area is 229 Å². The normalized spacial score (nSPS) is 18.4. The summed E-state index contributed by atoms with van der Waals surface area (Å²) in [7, 11) is 0. The number of pyridine rings is 1. The summed E-state index contributed by atoms with van der Waals surface area (Å²) in [5.74, 6) is -0.0227. The third-order valence-corrected chi connectivity index (χ3v) is 7.66. The first kappa shape index (κ1) is 25.8. The number of carbonyl (C=O) groups is 1. The quantitative estimate of drug-likeness (QED) is 0.299. The lowest BCUT2D eigenvalue weighted by Crippen LogP contribution is -2.35. The van der Waals surface area contributed by atoms with Crippen LogP contribution in [0.5, 0.6) is 5.88 Å². The molecular weight excluding hydrogens is 527 g/mol. The van der Waals surface area contributed by atoms with Gasteiger partial charge in [0.1, 0.15) is 23.8 Å². The first-order valence-electron chi connectivity index (χ1n) is 13.0. The zero-order valence-corrected chi connectivity index (χ0v) is 21.9. The molecule has 0 saturated carbocycles. The molecular formula is C28H28ClFN4O5. The van der Waals surface area contributed by atoms with Crippen molar-refractivity contribution in [3.63, 3.8) is 0 Å². The number of aromatic nitrogens is 3. The summed E-state index contributed by atoms with van der Waals surface area (Å²) in [6, 6.07) is 11.8. The van der Waals surface area contributed by atoms with Crippen molar-refractivity contribution in [2.24, 2.45) is 0 Å². The number of fused-ring (bicyclic) bond motifs is 1. The number of benzene rings is 1. The smallest absolute Gasteiger partial charge is 0.371 e. The number of hydrogen-bond acceptors (Lipinski definition) is 7. The van der Waals surface area contributed by atoms with E-state index in [2.05, 4.69) is 9.88 Å². The van der Waals surface area contributed by atoms with Crippen LogP contribution in [-0.4, -0.2) is 56.3 Å². The number of carboxylic acid groups (broad SMARTS) is 1. The van der Waals surface area contributed by atoms with Gasteiger partial charge in [-0.25, -0.2) is 14.2 Å². The molecule has 5 heterocycles. The molecule has 2 saturated heterocycles. The highest BCUT2D eigenvalue weighted by molar-refractivity contribution is 6.30. The average molecular weight is 555 g/mol. The van der Waals surface area contributed by atoms with Gasteiger partial charge in [-0.2, -0.15) is 4.98 Å². The molecule has 11 heteroatoms. The van der Waals surface area contributed by atoms with Crippen LogP contribution in [0.4, 0.5) is 4.39 Å². The van der Waals surface area contributed by atoms with Crippen LogP contribution in [-0.2, 0) is 24.4 Å². The summed E-state index contributed by atoms with van der Waals surface area (Å²) in [5, 5.41) is 9.65. The predicted molar refractivity (Wildman–Crippen MR) is 141 cm³/mol. The fourth-order valence-electron chi connectivity index (χ4n) is 5.14. The molecule has 1 atom stereocenters. The largest absolute Gasteiger partial charge is 0.475 e. The van der Waals surface area contributed by atoms with Crippen molar-refractivity contribution < 1.29 is 28.2 Å². The Morgan fingerprint density at radius 1 is 1.15 bits per heavy atom. The van der Waals surface area contributed by atoms with Crippen LogP contribution in [0.25, 0.3) is 11.2 Å². The number of piperidine rings is 1. The van der Waals surface area contributed by atoms with Crippen LogP contribution in [0.3, 0.4) is 0 Å². The summed E-state index contributed by atoms with van der Waals surface area (Å²) in [4.78, 5) is 23.0. The summed E-state index contributed by atoms with van der Waals surface area (Å²) < 4.78 is 33.0. The average Bonchev–Trinajstić information content (AvgIpc) is 3.45. The number of hydrogen-bond donors (Lipinski definition) is 1. The second-order valence-electron chi connectivity index (χ2n) is 10.0. The Hall–Kier alpha value is -3.47. The van der Waals surface area contributed by atoms with E-state index in [1.807, 2.05) is 16.7 Å². The minimum absolute atomic E-state index is 0.0767. The number of nitrogens with zero attached hydrogens (tertiary/aromatic N) is 4. The number of likely N-dealkylation sites (tertiary alicyclic amines) is 1. The van der Waals surface area contributed by atoms with Gasteiger partial charge in [0.05, 0.1) is 19.2 Å². The van der Waals surface area contributed by atoms with Crippen molar-refractivity contribution in [2.45, 2.75) is 51.0 Å². The lowest BCUT2D eigenvalue weighted by Gasteiger charge is -2.32. The molecule has 1 unspecified atom stereocenters. The highest BCUT2D eigenvalue weighted by Gasteiger charge is 2.27. The first-order chi connectivity index (χ1) is 18.9. The first-order valence-corrected chi connectivity index (χ1v) is 13.4. The third-order valence-electron chi connectivity index (χ3n) is 7.42. The fourth-order valence-corrected chi connectivity index (χ4v) is 5.30. The van der Waals surface area contributed by atoms with E-state index in [1.165, 1.54) is 6.07 Å². The summed E-state index contributed by atoms with van der Waals surface area (Å²) in [6.07, 6.45) is 2.92. The van der Waals surface area contributed by atoms with E-state index in [-0.39, 0.29) is 24.4 Å². The summed E-state index contributed by atoms with van der Waals surface area (Å²) in [5.41, 5.74) is 2.42. The molecule has 2 fully saturated rings. The Morgan fingerprint density at radius 3 is 2.69 bits per heavy atom. The molecule has 1 aromatic carbocycles. The molecule has 3 aromatic heterocycles. The number of carboxylic acids is 1. The Balaban J connectivity index is 1.09. The van der Waals surface area contributed by atoms with E-state index in [0.717, 1.165) is 50.5 Å². The van der Waals surface area contributed by atoms with Gasteiger partial charge in [0.2, 0.25) is 17.4 Å². The maximum Gasteiger partial charge on any atom is 0.371 e. The van der Waals surface area contributed by atoms with Crippen LogP contribution in [0, 0.1) is 5.82 Å². The molecule has 0 radical (unpaired) electrons. The van der Waals surface area contributed by atoms with E-state index < -0.39 is 11.8 Å². The Bertz CT molecular complexity index is 1490. The SMILES string of the molecule is O=C(O)c1cc2c(nc(CN3CCC(c4cccc(OCc5ccc(Cl)cc5F)n4)CC3)n2CC2CCO2)o1. The highest BCUT2D eigenvalue weighted by atomic mass is 35.5. The van der Waals surface area contributed by atoms with Gasteiger partial charge >= 0.3 is 5.97 Å². The molecule has 6 rings (SSSR count). The van der Waals surface area contributed by atoms with Crippen molar-refractivity contribution in [2.75, 3.05) is 19.7 Å². The lowest BCUT2D eigenvalue weighted by atomic mass is 9.93. The van der Waals surface area contributed by atoms with Gasteiger partial charge in [0.25, 0.3) is 0 Å². The number of halogens is 2. The molecule has 0 bridgehead atoms. The fraction of sp³-hybridized carbons (Fsp3) is 0.393. The predicted octanol–water partition coefficient (Wildman–Crippen LogP) is 5.26. The van der Waals surface area contributed by atoms with Crippen LogP contribution in [0.2, 0.25) is 5.02 Å². The number of rotatable bonds is 9. The molecule has 0 aliphatic carbocycles. The minimum Gasteiger partial charge on any atom is -0.475 e. The second-order valence-corrected chi connectivity index (χ2v) is 10.4. The third kappa shape index (κ3) is 5.63. The number of furan rings is 1. The Morgan fingerprint density at radius 2 is 1.97 bits per heavy atom. The van der Waals surface area contributed by atoms with E-state index in [9.17, 15) is 14.3 Å². The molecule has 204 valence electrons. The Kier molecular flexibility index (Phi) is 7.24. The van der Waals surface area contributed by atoms with Crippen molar-refractivity contribution in [3.05, 3.63) is 76.1 Å². The molecule has 2 aliphatic heterocycles. The van der Waals surface area contributed by atoms with Gasteiger partial charge in [0.15, 0.2) is 0 Å². The van der Waals surface area contributed by atoms with Crippen molar-refractivity contribution in [1.82, 2.24) is 19.4 Å².